The van der Waals surface area contributed by atoms with Gasteiger partial charge < -0.3 is 15.7 Å². The normalized spacial score (nSPS) is 11.4. The topological polar surface area (TPSA) is 80.7 Å². The van der Waals surface area contributed by atoms with Crippen LogP contribution in [0.2, 0.25) is 5.02 Å². The van der Waals surface area contributed by atoms with Crippen LogP contribution in [0.4, 0.5) is 0 Å². The van der Waals surface area contributed by atoms with Crippen molar-refractivity contribution in [1.82, 2.24) is 4.98 Å². The molecule has 2 rings (SSSR count). The van der Waals surface area contributed by atoms with Gasteiger partial charge in [-0.2, -0.15) is 0 Å². The molecule has 104 valence electrons. The number of amidine groups is 1. The maximum atomic E-state index is 8.70. The van der Waals surface area contributed by atoms with Gasteiger partial charge in [0.05, 0.1) is 4.47 Å². The third-order valence-electron chi connectivity index (χ3n) is 2.53. The van der Waals surface area contributed by atoms with Crippen LogP contribution in [0.1, 0.15) is 11.1 Å². The number of nitrogens with two attached hydrogens (primary N) is 1. The summed E-state index contributed by atoms with van der Waals surface area (Å²) in [5.74, 6) is 0.646. The zero-order chi connectivity index (χ0) is 14.7. The molecule has 1 aromatic carbocycles. The average Bonchev–Trinajstić information content (AvgIpc) is 2.43. The molecular formula is C13H11BrClN3O2. The number of ether oxygens (including phenoxy) is 1. The number of hydrogen-bond acceptors (Lipinski definition) is 4. The summed E-state index contributed by atoms with van der Waals surface area (Å²) in [7, 11) is 0. The first-order valence-electron chi connectivity index (χ1n) is 5.59. The fourth-order valence-electron chi connectivity index (χ4n) is 1.54. The van der Waals surface area contributed by atoms with E-state index in [4.69, 9.17) is 27.3 Å². The third-order valence-corrected chi connectivity index (χ3v) is 3.52. The van der Waals surface area contributed by atoms with Crippen LogP contribution in [0.3, 0.4) is 0 Å². The van der Waals surface area contributed by atoms with Crippen LogP contribution < -0.4 is 10.5 Å². The van der Waals surface area contributed by atoms with Gasteiger partial charge in [0, 0.05) is 11.8 Å². The Hall–Kier alpha value is -1.79. The van der Waals surface area contributed by atoms with Gasteiger partial charge in [0.1, 0.15) is 10.8 Å². The zero-order valence-electron chi connectivity index (χ0n) is 10.5. The standard InChI is InChI=1S/C13H11BrClN3O2/c1-7-2-3-10(9(14)6-7)20-13-11(15)8(4-5-17-13)12(16)18-19/h2-6,19H,1H3,(H2,16,18). The van der Waals surface area contributed by atoms with Crippen molar-refractivity contribution < 1.29 is 9.94 Å². The highest BCUT2D eigenvalue weighted by molar-refractivity contribution is 9.10. The van der Waals surface area contributed by atoms with E-state index in [0.29, 0.717) is 11.3 Å². The highest BCUT2D eigenvalue weighted by Gasteiger charge is 2.14. The van der Waals surface area contributed by atoms with Gasteiger partial charge in [0.25, 0.3) is 0 Å². The van der Waals surface area contributed by atoms with Crippen LogP contribution in [-0.4, -0.2) is 16.0 Å². The summed E-state index contributed by atoms with van der Waals surface area (Å²) in [6.45, 7) is 1.97. The highest BCUT2D eigenvalue weighted by atomic mass is 79.9. The molecule has 5 nitrogen and oxygen atoms in total. The van der Waals surface area contributed by atoms with Crippen LogP contribution in [0.25, 0.3) is 0 Å². The molecule has 1 heterocycles. The Kier molecular flexibility index (Phi) is 4.46. The Morgan fingerprint density at radius 2 is 2.20 bits per heavy atom. The van der Waals surface area contributed by atoms with Gasteiger partial charge in [-0.3, -0.25) is 0 Å². The minimum Gasteiger partial charge on any atom is -0.436 e. The molecule has 0 spiro atoms. The second kappa shape index (κ2) is 6.11. The highest BCUT2D eigenvalue weighted by Crippen LogP contribution is 2.34. The lowest BCUT2D eigenvalue weighted by Gasteiger charge is -2.10. The Bertz CT molecular complexity index is 677. The van der Waals surface area contributed by atoms with Crippen molar-refractivity contribution in [3.05, 3.63) is 51.1 Å². The zero-order valence-corrected chi connectivity index (χ0v) is 12.8. The maximum Gasteiger partial charge on any atom is 0.238 e. The number of pyridine rings is 1. The van der Waals surface area contributed by atoms with E-state index in [2.05, 4.69) is 26.1 Å². The molecule has 2 aromatic rings. The van der Waals surface area contributed by atoms with Crippen LogP contribution in [-0.2, 0) is 0 Å². The Morgan fingerprint density at radius 1 is 1.45 bits per heavy atom. The van der Waals surface area contributed by atoms with Crippen molar-refractivity contribution >= 4 is 33.4 Å². The molecule has 0 fully saturated rings. The van der Waals surface area contributed by atoms with E-state index in [-0.39, 0.29) is 16.7 Å². The molecule has 0 aliphatic rings. The Labute approximate surface area is 129 Å². The van der Waals surface area contributed by atoms with Gasteiger partial charge in [-0.1, -0.05) is 22.8 Å². The van der Waals surface area contributed by atoms with E-state index in [1.807, 2.05) is 19.1 Å². The monoisotopic (exact) mass is 355 g/mol. The summed E-state index contributed by atoms with van der Waals surface area (Å²) >= 11 is 9.55. The van der Waals surface area contributed by atoms with Crippen molar-refractivity contribution in [3.63, 3.8) is 0 Å². The molecule has 0 amide bonds. The van der Waals surface area contributed by atoms with Gasteiger partial charge in [0.15, 0.2) is 5.84 Å². The number of nitrogens with zero attached hydrogens (tertiary/aromatic N) is 2. The lowest BCUT2D eigenvalue weighted by atomic mass is 10.2. The third kappa shape index (κ3) is 3.02. The number of hydrogen-bond donors (Lipinski definition) is 2. The van der Waals surface area contributed by atoms with E-state index < -0.39 is 0 Å². The van der Waals surface area contributed by atoms with Gasteiger partial charge in [-0.15, -0.1) is 0 Å². The minimum atomic E-state index is -0.106. The first kappa shape index (κ1) is 14.6. The Balaban J connectivity index is 2.39. The van der Waals surface area contributed by atoms with Crippen LogP contribution in [0, 0.1) is 6.92 Å². The Morgan fingerprint density at radius 3 is 2.85 bits per heavy atom. The van der Waals surface area contributed by atoms with Crippen molar-refractivity contribution in [3.8, 4) is 11.6 Å². The van der Waals surface area contributed by atoms with Crippen molar-refractivity contribution in [2.75, 3.05) is 0 Å². The first-order valence-corrected chi connectivity index (χ1v) is 6.76. The molecule has 0 saturated heterocycles. The maximum absolute atomic E-state index is 8.70. The molecule has 3 N–H and O–H groups in total. The van der Waals surface area contributed by atoms with E-state index in [0.717, 1.165) is 10.0 Å². The number of aryl methyl sites for hydroxylation is 1. The molecule has 0 aliphatic heterocycles. The van der Waals surface area contributed by atoms with Crippen LogP contribution >= 0.6 is 27.5 Å². The number of oxime groups is 1. The molecule has 0 radical (unpaired) electrons. The molecule has 1 aromatic heterocycles. The molecular weight excluding hydrogens is 346 g/mol. The van der Waals surface area contributed by atoms with E-state index >= 15 is 0 Å². The van der Waals surface area contributed by atoms with Crippen molar-refractivity contribution in [1.29, 1.82) is 0 Å². The lowest BCUT2D eigenvalue weighted by molar-refractivity contribution is 0.318. The van der Waals surface area contributed by atoms with E-state index in [9.17, 15) is 0 Å². The minimum absolute atomic E-state index is 0.106. The van der Waals surface area contributed by atoms with Gasteiger partial charge >= 0.3 is 0 Å². The average molecular weight is 357 g/mol. The molecule has 20 heavy (non-hydrogen) atoms. The molecule has 0 aliphatic carbocycles. The number of rotatable bonds is 3. The number of benzene rings is 1. The fraction of sp³-hybridized carbons (Fsp3) is 0.0769. The summed E-state index contributed by atoms with van der Waals surface area (Å²) in [6.07, 6.45) is 1.47. The van der Waals surface area contributed by atoms with Crippen molar-refractivity contribution in [2.24, 2.45) is 10.9 Å². The number of aromatic nitrogens is 1. The second-order valence-electron chi connectivity index (χ2n) is 4.00. The SMILES string of the molecule is Cc1ccc(Oc2nccc(/C(N)=N/O)c2Cl)c(Br)c1. The van der Waals surface area contributed by atoms with Crippen LogP contribution in [0.15, 0.2) is 40.1 Å². The molecule has 7 heteroatoms. The number of halogens is 2. The predicted molar refractivity (Wildman–Crippen MR) is 80.7 cm³/mol. The lowest BCUT2D eigenvalue weighted by Crippen LogP contribution is -2.14. The summed E-state index contributed by atoms with van der Waals surface area (Å²) in [6, 6.07) is 7.15. The largest absolute Gasteiger partial charge is 0.436 e. The van der Waals surface area contributed by atoms with E-state index in [1.54, 1.807) is 6.07 Å². The first-order chi connectivity index (χ1) is 9.52. The molecule has 0 saturated carbocycles. The fourth-order valence-corrected chi connectivity index (χ4v) is 2.36. The summed E-state index contributed by atoms with van der Waals surface area (Å²) in [5.41, 5.74) is 6.97. The predicted octanol–water partition coefficient (Wildman–Crippen LogP) is 3.69. The molecule has 0 atom stereocenters. The molecule has 0 bridgehead atoms. The van der Waals surface area contributed by atoms with Gasteiger partial charge in [0.2, 0.25) is 5.88 Å². The quantitative estimate of drug-likeness (QED) is 0.380. The van der Waals surface area contributed by atoms with E-state index in [1.165, 1.54) is 12.3 Å². The van der Waals surface area contributed by atoms with Gasteiger partial charge in [-0.05, 0) is 46.6 Å². The second-order valence-corrected chi connectivity index (χ2v) is 5.23. The van der Waals surface area contributed by atoms with Crippen molar-refractivity contribution in [2.45, 2.75) is 6.92 Å². The van der Waals surface area contributed by atoms with Crippen LogP contribution in [0.5, 0.6) is 11.6 Å². The van der Waals surface area contributed by atoms with Gasteiger partial charge in [-0.25, -0.2) is 4.98 Å². The summed E-state index contributed by atoms with van der Waals surface area (Å²) in [5, 5.41) is 11.8. The summed E-state index contributed by atoms with van der Waals surface area (Å²) < 4.78 is 6.43. The summed E-state index contributed by atoms with van der Waals surface area (Å²) in [4.78, 5) is 4.05. The smallest absolute Gasteiger partial charge is 0.238 e. The molecule has 0 unspecified atom stereocenters.